The van der Waals surface area contributed by atoms with Crippen LogP contribution in [-0.2, 0) is 0 Å². The van der Waals surface area contributed by atoms with Crippen LogP contribution in [0.25, 0.3) is 0 Å². The van der Waals surface area contributed by atoms with E-state index in [4.69, 9.17) is 11.6 Å². The van der Waals surface area contributed by atoms with Crippen molar-refractivity contribution in [1.29, 1.82) is 0 Å². The van der Waals surface area contributed by atoms with Gasteiger partial charge in [0, 0.05) is 20.1 Å². The fourth-order valence-corrected chi connectivity index (χ4v) is 1.96. The number of anilines is 2. The van der Waals surface area contributed by atoms with E-state index >= 15 is 0 Å². The molecular formula is C10H16ClN5. The molecule has 0 aromatic carbocycles. The van der Waals surface area contributed by atoms with Crippen molar-refractivity contribution in [1.82, 2.24) is 15.0 Å². The van der Waals surface area contributed by atoms with E-state index in [9.17, 15) is 0 Å². The second-order valence-electron chi connectivity index (χ2n) is 4.15. The van der Waals surface area contributed by atoms with Crippen molar-refractivity contribution < 1.29 is 0 Å². The van der Waals surface area contributed by atoms with Crippen LogP contribution >= 0.6 is 11.6 Å². The average Bonchev–Trinajstić information content (AvgIpc) is 2.29. The normalized spacial score (nSPS) is 17.6. The molecule has 1 aromatic rings. The van der Waals surface area contributed by atoms with Crippen LogP contribution in [0.4, 0.5) is 11.9 Å². The van der Waals surface area contributed by atoms with Gasteiger partial charge in [-0.3, -0.25) is 0 Å². The minimum absolute atomic E-state index is 0.243. The standard InChI is InChI=1S/C10H16ClN5/c1-7-3-5-16(6-4-7)10-14-8(11)13-9(12-2)15-10/h7H,3-6H2,1-2H3,(H,12,13,14,15). The highest BCUT2D eigenvalue weighted by atomic mass is 35.5. The van der Waals surface area contributed by atoms with Crippen molar-refractivity contribution in [3.05, 3.63) is 5.28 Å². The molecule has 1 N–H and O–H groups in total. The monoisotopic (exact) mass is 241 g/mol. The molecule has 16 heavy (non-hydrogen) atoms. The number of nitrogens with one attached hydrogen (secondary N) is 1. The summed E-state index contributed by atoms with van der Waals surface area (Å²) in [5.74, 6) is 1.99. The van der Waals surface area contributed by atoms with Crippen LogP contribution in [0.3, 0.4) is 0 Å². The lowest BCUT2D eigenvalue weighted by molar-refractivity contribution is 0.434. The van der Waals surface area contributed by atoms with Crippen LogP contribution in [0.15, 0.2) is 0 Å². The van der Waals surface area contributed by atoms with Gasteiger partial charge in [0.2, 0.25) is 17.2 Å². The largest absolute Gasteiger partial charge is 0.357 e. The van der Waals surface area contributed by atoms with Gasteiger partial charge in [0.15, 0.2) is 0 Å². The first-order chi connectivity index (χ1) is 7.69. The van der Waals surface area contributed by atoms with Crippen LogP contribution < -0.4 is 10.2 Å². The number of aromatic nitrogens is 3. The summed E-state index contributed by atoms with van der Waals surface area (Å²) in [6.07, 6.45) is 2.36. The van der Waals surface area contributed by atoms with E-state index in [1.165, 1.54) is 12.8 Å². The van der Waals surface area contributed by atoms with Gasteiger partial charge in [-0.2, -0.15) is 15.0 Å². The molecule has 88 valence electrons. The molecule has 2 rings (SSSR count). The third-order valence-electron chi connectivity index (χ3n) is 2.89. The highest BCUT2D eigenvalue weighted by Gasteiger charge is 2.19. The SMILES string of the molecule is CNc1nc(Cl)nc(N2CCC(C)CC2)n1. The van der Waals surface area contributed by atoms with E-state index in [0.29, 0.717) is 11.9 Å². The Bertz CT molecular complexity index is 362. The third kappa shape index (κ3) is 2.52. The minimum atomic E-state index is 0.243. The average molecular weight is 242 g/mol. The summed E-state index contributed by atoms with van der Waals surface area (Å²) in [5, 5.41) is 3.13. The number of rotatable bonds is 2. The Morgan fingerprint density at radius 2 is 1.94 bits per heavy atom. The van der Waals surface area contributed by atoms with Gasteiger partial charge >= 0.3 is 0 Å². The van der Waals surface area contributed by atoms with Crippen molar-refractivity contribution >= 4 is 23.5 Å². The van der Waals surface area contributed by atoms with E-state index in [0.717, 1.165) is 19.0 Å². The molecule has 0 aliphatic carbocycles. The zero-order chi connectivity index (χ0) is 11.5. The van der Waals surface area contributed by atoms with Crippen molar-refractivity contribution in [3.63, 3.8) is 0 Å². The zero-order valence-electron chi connectivity index (χ0n) is 9.57. The summed E-state index contributed by atoms with van der Waals surface area (Å²) in [6.45, 7) is 4.26. The zero-order valence-corrected chi connectivity index (χ0v) is 10.3. The molecule has 6 heteroatoms. The molecule has 0 saturated carbocycles. The number of hydrogen-bond acceptors (Lipinski definition) is 5. The molecule has 1 saturated heterocycles. The van der Waals surface area contributed by atoms with Gasteiger partial charge in [0.05, 0.1) is 0 Å². The maximum atomic E-state index is 5.85. The van der Waals surface area contributed by atoms with E-state index in [2.05, 4.69) is 32.1 Å². The van der Waals surface area contributed by atoms with Crippen molar-refractivity contribution in [3.8, 4) is 0 Å². The lowest BCUT2D eigenvalue weighted by atomic mass is 10.00. The van der Waals surface area contributed by atoms with Crippen molar-refractivity contribution in [2.24, 2.45) is 5.92 Å². The molecule has 0 bridgehead atoms. The van der Waals surface area contributed by atoms with Gasteiger partial charge in [0.25, 0.3) is 0 Å². The Labute approximate surface area is 100 Å². The summed E-state index contributed by atoms with van der Waals surface area (Å²) in [7, 11) is 1.77. The summed E-state index contributed by atoms with van der Waals surface area (Å²) >= 11 is 5.85. The molecule has 1 aromatic heterocycles. The number of piperidine rings is 1. The molecular weight excluding hydrogens is 226 g/mol. The summed E-state index contributed by atoms with van der Waals surface area (Å²) in [6, 6.07) is 0. The van der Waals surface area contributed by atoms with Gasteiger partial charge in [-0.25, -0.2) is 0 Å². The summed E-state index contributed by atoms with van der Waals surface area (Å²) in [5.41, 5.74) is 0. The topological polar surface area (TPSA) is 53.9 Å². The minimum Gasteiger partial charge on any atom is -0.357 e. The van der Waals surface area contributed by atoms with Crippen LogP contribution in [-0.4, -0.2) is 35.1 Å². The Morgan fingerprint density at radius 3 is 2.56 bits per heavy atom. The van der Waals surface area contributed by atoms with Crippen molar-refractivity contribution in [2.45, 2.75) is 19.8 Å². The first-order valence-electron chi connectivity index (χ1n) is 5.53. The summed E-state index contributed by atoms with van der Waals surface area (Å²) in [4.78, 5) is 14.6. The Balaban J connectivity index is 2.16. The van der Waals surface area contributed by atoms with Crippen LogP contribution in [0, 0.1) is 5.92 Å². The second-order valence-corrected chi connectivity index (χ2v) is 4.49. The molecule has 0 amide bonds. The number of hydrogen-bond donors (Lipinski definition) is 1. The van der Waals surface area contributed by atoms with Gasteiger partial charge in [-0.05, 0) is 30.4 Å². The highest BCUT2D eigenvalue weighted by molar-refractivity contribution is 6.28. The van der Waals surface area contributed by atoms with E-state index in [1.54, 1.807) is 7.05 Å². The van der Waals surface area contributed by atoms with Crippen molar-refractivity contribution in [2.75, 3.05) is 30.4 Å². The van der Waals surface area contributed by atoms with Crippen LogP contribution in [0.1, 0.15) is 19.8 Å². The fraction of sp³-hybridized carbons (Fsp3) is 0.700. The molecule has 1 fully saturated rings. The number of nitrogens with zero attached hydrogens (tertiary/aromatic N) is 4. The number of halogens is 1. The van der Waals surface area contributed by atoms with Crippen LogP contribution in [0.2, 0.25) is 5.28 Å². The molecule has 1 aliphatic heterocycles. The molecule has 0 spiro atoms. The Kier molecular flexibility index (Phi) is 3.43. The quantitative estimate of drug-likeness (QED) is 0.856. The fourth-order valence-electron chi connectivity index (χ4n) is 1.80. The lowest BCUT2D eigenvalue weighted by Crippen LogP contribution is -2.34. The molecule has 5 nitrogen and oxygen atoms in total. The second kappa shape index (κ2) is 4.82. The Morgan fingerprint density at radius 1 is 1.25 bits per heavy atom. The predicted octanol–water partition coefficient (Wildman–Crippen LogP) is 1.80. The van der Waals surface area contributed by atoms with Gasteiger partial charge in [-0.15, -0.1) is 0 Å². The van der Waals surface area contributed by atoms with Gasteiger partial charge < -0.3 is 10.2 Å². The molecule has 0 radical (unpaired) electrons. The smallest absolute Gasteiger partial charge is 0.231 e. The maximum Gasteiger partial charge on any atom is 0.231 e. The maximum absolute atomic E-state index is 5.85. The van der Waals surface area contributed by atoms with Gasteiger partial charge in [0.1, 0.15) is 0 Å². The first-order valence-corrected chi connectivity index (χ1v) is 5.91. The summed E-state index contributed by atoms with van der Waals surface area (Å²) < 4.78 is 0. The van der Waals surface area contributed by atoms with E-state index < -0.39 is 0 Å². The molecule has 0 unspecified atom stereocenters. The van der Waals surface area contributed by atoms with E-state index in [-0.39, 0.29) is 5.28 Å². The van der Waals surface area contributed by atoms with Crippen LogP contribution in [0.5, 0.6) is 0 Å². The van der Waals surface area contributed by atoms with E-state index in [1.807, 2.05) is 0 Å². The first kappa shape index (κ1) is 11.4. The highest BCUT2D eigenvalue weighted by Crippen LogP contribution is 2.21. The molecule has 2 heterocycles. The Hall–Kier alpha value is -1.10. The predicted molar refractivity (Wildman–Crippen MR) is 65.0 cm³/mol. The lowest BCUT2D eigenvalue weighted by Gasteiger charge is -2.30. The molecule has 0 atom stereocenters. The van der Waals surface area contributed by atoms with Gasteiger partial charge in [-0.1, -0.05) is 6.92 Å². The third-order valence-corrected chi connectivity index (χ3v) is 3.06. The molecule has 1 aliphatic rings.